The van der Waals surface area contributed by atoms with Crippen molar-refractivity contribution < 1.29 is 0 Å². The number of hydrogen-bond donors (Lipinski definition) is 1. The van der Waals surface area contributed by atoms with E-state index in [1.807, 2.05) is 26.0 Å². The molecule has 96 valence electrons. The van der Waals surface area contributed by atoms with Gasteiger partial charge in [-0.3, -0.25) is 13.9 Å². The van der Waals surface area contributed by atoms with E-state index in [-0.39, 0.29) is 11.4 Å². The quantitative estimate of drug-likeness (QED) is 0.782. The lowest BCUT2D eigenvalue weighted by Gasteiger charge is -2.12. The second-order valence-electron chi connectivity index (χ2n) is 4.20. The van der Waals surface area contributed by atoms with Crippen LogP contribution in [0.5, 0.6) is 0 Å². The Labute approximate surface area is 105 Å². The van der Waals surface area contributed by atoms with Gasteiger partial charge in [-0.15, -0.1) is 0 Å². The number of nitriles is 1. The van der Waals surface area contributed by atoms with E-state index in [0.717, 1.165) is 10.1 Å². The summed E-state index contributed by atoms with van der Waals surface area (Å²) in [5.41, 5.74) is 0.00981. The van der Waals surface area contributed by atoms with Crippen molar-refractivity contribution in [3.05, 3.63) is 38.1 Å². The van der Waals surface area contributed by atoms with Crippen molar-refractivity contribution >= 4 is 5.82 Å². The molecule has 0 aliphatic heterocycles. The second kappa shape index (κ2) is 5.36. The van der Waals surface area contributed by atoms with Gasteiger partial charge in [0.25, 0.3) is 5.56 Å². The van der Waals surface area contributed by atoms with Crippen molar-refractivity contribution in [1.29, 1.82) is 5.26 Å². The number of allylic oxidation sites excluding steroid dienone is 1. The van der Waals surface area contributed by atoms with Crippen LogP contribution in [0.25, 0.3) is 0 Å². The van der Waals surface area contributed by atoms with Crippen LogP contribution < -0.4 is 16.6 Å². The summed E-state index contributed by atoms with van der Waals surface area (Å²) in [6.45, 7) is 4.34. The van der Waals surface area contributed by atoms with Gasteiger partial charge in [-0.05, 0) is 13.8 Å². The first-order chi connectivity index (χ1) is 8.40. The zero-order valence-electron chi connectivity index (χ0n) is 10.9. The minimum atomic E-state index is -0.583. The van der Waals surface area contributed by atoms with Crippen molar-refractivity contribution in [2.24, 2.45) is 14.1 Å². The van der Waals surface area contributed by atoms with Gasteiger partial charge < -0.3 is 5.32 Å². The van der Waals surface area contributed by atoms with Crippen LogP contribution in [0.15, 0.2) is 21.2 Å². The van der Waals surface area contributed by atoms with Crippen LogP contribution in [-0.4, -0.2) is 15.7 Å². The molecule has 0 aromatic carbocycles. The minimum Gasteiger partial charge on any atom is -0.367 e. The van der Waals surface area contributed by atoms with Crippen LogP contribution in [0, 0.1) is 11.3 Å². The van der Waals surface area contributed by atoms with Crippen molar-refractivity contribution in [3.63, 3.8) is 0 Å². The predicted molar refractivity (Wildman–Crippen MR) is 69.6 cm³/mol. The Kier molecular flexibility index (Phi) is 4.10. The first-order valence-electron chi connectivity index (χ1n) is 5.47. The highest BCUT2D eigenvalue weighted by molar-refractivity contribution is 5.51. The summed E-state index contributed by atoms with van der Waals surface area (Å²) in [6, 6.07) is 1.83. The average Bonchev–Trinajstić information content (AvgIpc) is 2.33. The topological polar surface area (TPSA) is 79.8 Å². The van der Waals surface area contributed by atoms with Gasteiger partial charge in [0.1, 0.15) is 11.9 Å². The largest absolute Gasteiger partial charge is 0.367 e. The lowest BCUT2D eigenvalue weighted by molar-refractivity contribution is 0.687. The van der Waals surface area contributed by atoms with E-state index in [2.05, 4.69) is 5.32 Å². The summed E-state index contributed by atoms with van der Waals surface area (Å²) in [5.74, 6) is 0.253. The molecule has 0 saturated heterocycles. The molecule has 1 N–H and O–H groups in total. The average molecular weight is 248 g/mol. The Morgan fingerprint density at radius 1 is 1.33 bits per heavy atom. The molecule has 0 atom stereocenters. The summed E-state index contributed by atoms with van der Waals surface area (Å²) in [5, 5.41) is 11.9. The molecule has 1 rings (SSSR count). The van der Waals surface area contributed by atoms with Gasteiger partial charge >= 0.3 is 5.69 Å². The maximum atomic E-state index is 11.8. The maximum Gasteiger partial charge on any atom is 0.332 e. The molecule has 0 amide bonds. The van der Waals surface area contributed by atoms with E-state index in [0.29, 0.717) is 6.54 Å². The number of aromatic nitrogens is 2. The first-order valence-corrected chi connectivity index (χ1v) is 5.47. The Bertz CT molecular complexity index is 640. The molecule has 6 nitrogen and oxygen atoms in total. The van der Waals surface area contributed by atoms with Crippen molar-refractivity contribution in [3.8, 4) is 6.07 Å². The molecule has 0 fully saturated rings. The number of anilines is 1. The van der Waals surface area contributed by atoms with Gasteiger partial charge in [-0.1, -0.05) is 11.6 Å². The van der Waals surface area contributed by atoms with Gasteiger partial charge in [0.2, 0.25) is 0 Å². The first kappa shape index (κ1) is 13.8. The fraction of sp³-hybridized carbons (Fsp3) is 0.417. The van der Waals surface area contributed by atoms with Gasteiger partial charge in [-0.2, -0.15) is 5.26 Å². The summed E-state index contributed by atoms with van der Waals surface area (Å²) >= 11 is 0. The molecular formula is C12H16N4O2. The van der Waals surface area contributed by atoms with Crippen LogP contribution in [0.3, 0.4) is 0 Å². The van der Waals surface area contributed by atoms with Crippen molar-refractivity contribution in [2.75, 3.05) is 11.9 Å². The molecule has 0 spiro atoms. The molecule has 1 aromatic rings. The number of hydrogen-bond acceptors (Lipinski definition) is 4. The van der Waals surface area contributed by atoms with Gasteiger partial charge in [0.05, 0.1) is 0 Å². The highest BCUT2D eigenvalue weighted by Gasteiger charge is 2.14. The maximum absolute atomic E-state index is 11.8. The molecule has 0 unspecified atom stereocenters. The van der Waals surface area contributed by atoms with Crippen LogP contribution in [0.1, 0.15) is 19.4 Å². The fourth-order valence-electron chi connectivity index (χ4n) is 1.50. The molecule has 1 aromatic heterocycles. The molecular weight excluding hydrogens is 232 g/mol. The zero-order chi connectivity index (χ0) is 13.9. The van der Waals surface area contributed by atoms with E-state index >= 15 is 0 Å². The van der Waals surface area contributed by atoms with E-state index in [4.69, 9.17) is 5.26 Å². The summed E-state index contributed by atoms with van der Waals surface area (Å²) in [6.07, 6.45) is 1.91. The zero-order valence-corrected chi connectivity index (χ0v) is 10.9. The van der Waals surface area contributed by atoms with Crippen LogP contribution in [-0.2, 0) is 14.1 Å². The van der Waals surface area contributed by atoms with E-state index in [9.17, 15) is 9.59 Å². The van der Waals surface area contributed by atoms with Crippen molar-refractivity contribution in [2.45, 2.75) is 13.8 Å². The molecule has 18 heavy (non-hydrogen) atoms. The number of nitrogens with zero attached hydrogens (tertiary/aromatic N) is 3. The standard InChI is InChI=1S/C12H16N4O2/c1-8(2)5-6-14-10-9(7-13)11(17)16(4)12(18)15(10)3/h5,14H,6H2,1-4H3. The molecule has 0 radical (unpaired) electrons. The Balaban J connectivity index is 3.36. The van der Waals surface area contributed by atoms with Gasteiger partial charge in [0, 0.05) is 20.6 Å². The summed E-state index contributed by atoms with van der Waals surface area (Å²) < 4.78 is 2.18. The van der Waals surface area contributed by atoms with E-state index in [1.54, 1.807) is 0 Å². The third-order valence-electron chi connectivity index (χ3n) is 2.56. The second-order valence-corrected chi connectivity index (χ2v) is 4.20. The highest BCUT2D eigenvalue weighted by atomic mass is 16.2. The normalized spacial score (nSPS) is 9.72. The molecule has 6 heteroatoms. The molecule has 1 heterocycles. The van der Waals surface area contributed by atoms with Crippen molar-refractivity contribution in [1.82, 2.24) is 9.13 Å². The van der Waals surface area contributed by atoms with Crippen LogP contribution in [0.2, 0.25) is 0 Å². The van der Waals surface area contributed by atoms with Gasteiger partial charge in [0.15, 0.2) is 5.56 Å². The third-order valence-corrected chi connectivity index (χ3v) is 2.56. The van der Waals surface area contributed by atoms with Crippen LogP contribution >= 0.6 is 0 Å². The summed E-state index contributed by atoms with van der Waals surface area (Å²) in [4.78, 5) is 23.5. The van der Waals surface area contributed by atoms with Crippen LogP contribution in [0.4, 0.5) is 5.82 Å². The van der Waals surface area contributed by atoms with E-state index in [1.165, 1.54) is 18.7 Å². The summed E-state index contributed by atoms with van der Waals surface area (Å²) in [7, 11) is 2.87. The minimum absolute atomic E-state index is 0.0539. The van der Waals surface area contributed by atoms with E-state index < -0.39 is 11.2 Å². The third kappa shape index (κ3) is 2.51. The monoisotopic (exact) mass is 248 g/mol. The SMILES string of the molecule is CC(C)=CCNc1c(C#N)c(=O)n(C)c(=O)n1C. The number of rotatable bonds is 3. The van der Waals surface area contributed by atoms with Gasteiger partial charge in [-0.25, -0.2) is 4.79 Å². The number of nitrogens with one attached hydrogen (secondary N) is 1. The predicted octanol–water partition coefficient (Wildman–Crippen LogP) is 0.334. The molecule has 0 aliphatic carbocycles. The Morgan fingerprint density at radius 2 is 1.94 bits per heavy atom. The smallest absolute Gasteiger partial charge is 0.332 e. The highest BCUT2D eigenvalue weighted by Crippen LogP contribution is 2.06. The molecule has 0 aliphatic rings. The Hall–Kier alpha value is -2.29. The Morgan fingerprint density at radius 3 is 2.44 bits per heavy atom. The lowest BCUT2D eigenvalue weighted by Crippen LogP contribution is -2.39. The molecule has 0 saturated carbocycles. The lowest BCUT2D eigenvalue weighted by atomic mass is 10.3. The molecule has 0 bridgehead atoms. The fourth-order valence-corrected chi connectivity index (χ4v) is 1.50.